The van der Waals surface area contributed by atoms with Crippen molar-refractivity contribution in [3.8, 4) is 0 Å². The van der Waals surface area contributed by atoms with Gasteiger partial charge in [0.15, 0.2) is 5.78 Å². The van der Waals surface area contributed by atoms with Gasteiger partial charge in [0.05, 0.1) is 12.1 Å². The Balaban J connectivity index is 3.47. The second-order valence-electron chi connectivity index (χ2n) is 14.9. The topological polar surface area (TPSA) is 83.5 Å². The average Bonchev–Trinajstić information content (AvgIpc) is 3.06. The molecule has 0 radical (unpaired) electrons. The Bertz CT molecular complexity index is 597. The van der Waals surface area contributed by atoms with Crippen molar-refractivity contribution in [2.75, 3.05) is 0 Å². The lowest BCUT2D eigenvalue weighted by Gasteiger charge is -2.23. The largest absolute Gasteiger partial charge is 0.391 e. The van der Waals surface area contributed by atoms with Gasteiger partial charge in [-0.15, -0.1) is 0 Å². The van der Waals surface area contributed by atoms with Crippen molar-refractivity contribution in [1.82, 2.24) is 0 Å². The molecule has 3 atom stereocenters. The molecule has 0 saturated heterocycles. The molecule has 0 aromatic heterocycles. The zero-order valence-corrected chi connectivity index (χ0v) is 31.6. The van der Waals surface area contributed by atoms with Gasteiger partial charge in [-0.3, -0.25) is 4.79 Å². The van der Waals surface area contributed by atoms with E-state index in [1.165, 1.54) is 186 Å². The highest BCUT2D eigenvalue weighted by Crippen LogP contribution is 2.17. The number of aliphatic hydroxyl groups excluding tert-OH is 2. The molecule has 0 bridgehead atoms. The normalized spacial score (nSPS) is 13.7. The minimum Gasteiger partial charge on any atom is -0.391 e. The SMILES string of the molecule is CCCCCCCCCCCCCCCCCCCCCCCC(=O)C(O)[C@H](N)[C@H](O)CCCCCCCCCCCCCCC. The van der Waals surface area contributed by atoms with E-state index < -0.39 is 18.2 Å². The summed E-state index contributed by atoms with van der Waals surface area (Å²) in [4.78, 5) is 12.4. The molecular weight excluding hydrogens is 566 g/mol. The van der Waals surface area contributed by atoms with Crippen molar-refractivity contribution in [3.63, 3.8) is 0 Å². The maximum atomic E-state index is 12.4. The quantitative estimate of drug-likeness (QED) is 0.0577. The van der Waals surface area contributed by atoms with E-state index in [9.17, 15) is 15.0 Å². The third kappa shape index (κ3) is 32.1. The number of carbonyl (C=O) groups excluding carboxylic acids is 1. The predicted octanol–water partition coefficient (Wildman–Crippen LogP) is 12.7. The Labute approximate surface area is 289 Å². The van der Waals surface area contributed by atoms with Crippen molar-refractivity contribution in [2.45, 2.75) is 263 Å². The smallest absolute Gasteiger partial charge is 0.162 e. The molecule has 4 N–H and O–H groups in total. The molecule has 4 nitrogen and oxygen atoms in total. The summed E-state index contributed by atoms with van der Waals surface area (Å²) in [6.45, 7) is 4.56. The van der Waals surface area contributed by atoms with Gasteiger partial charge < -0.3 is 15.9 Å². The van der Waals surface area contributed by atoms with Crippen LogP contribution in [-0.2, 0) is 4.79 Å². The highest BCUT2D eigenvalue weighted by molar-refractivity contribution is 5.83. The molecule has 0 saturated carbocycles. The van der Waals surface area contributed by atoms with E-state index in [4.69, 9.17) is 5.73 Å². The van der Waals surface area contributed by atoms with Gasteiger partial charge in [-0.25, -0.2) is 0 Å². The summed E-state index contributed by atoms with van der Waals surface area (Å²) < 4.78 is 0. The maximum Gasteiger partial charge on any atom is 0.162 e. The Morgan fingerprint density at radius 1 is 0.413 bits per heavy atom. The Morgan fingerprint density at radius 2 is 0.652 bits per heavy atom. The van der Waals surface area contributed by atoms with Crippen molar-refractivity contribution < 1.29 is 15.0 Å². The van der Waals surface area contributed by atoms with Crippen LogP contribution < -0.4 is 5.73 Å². The molecule has 0 heterocycles. The van der Waals surface area contributed by atoms with Crippen LogP contribution in [-0.4, -0.2) is 34.2 Å². The van der Waals surface area contributed by atoms with Crippen molar-refractivity contribution in [1.29, 1.82) is 0 Å². The van der Waals surface area contributed by atoms with Gasteiger partial charge in [0.2, 0.25) is 0 Å². The number of nitrogens with two attached hydrogens (primary N) is 1. The molecule has 0 aromatic carbocycles. The van der Waals surface area contributed by atoms with Crippen LogP contribution >= 0.6 is 0 Å². The molecule has 0 fully saturated rings. The van der Waals surface area contributed by atoms with Crippen LogP contribution in [0.25, 0.3) is 0 Å². The van der Waals surface area contributed by atoms with Crippen LogP contribution in [0, 0.1) is 0 Å². The number of carbonyl (C=O) groups is 1. The van der Waals surface area contributed by atoms with Crippen molar-refractivity contribution in [2.24, 2.45) is 5.73 Å². The Hall–Kier alpha value is -0.450. The first-order valence-electron chi connectivity index (χ1n) is 21.2. The lowest BCUT2D eigenvalue weighted by molar-refractivity contribution is -0.129. The molecule has 0 aliphatic heterocycles. The fourth-order valence-corrected chi connectivity index (χ4v) is 6.87. The lowest BCUT2D eigenvalue weighted by Crippen LogP contribution is -2.48. The van der Waals surface area contributed by atoms with Gasteiger partial charge in [-0.2, -0.15) is 0 Å². The number of hydrogen-bond donors (Lipinski definition) is 3. The molecule has 0 aliphatic rings. The number of rotatable bonds is 39. The first kappa shape index (κ1) is 45.6. The minimum absolute atomic E-state index is 0.199. The number of Topliss-reactive ketones (excluding diaryl/α,β-unsaturated/α-hetero) is 1. The first-order valence-corrected chi connectivity index (χ1v) is 21.2. The number of unbranched alkanes of at least 4 members (excludes halogenated alkanes) is 32. The molecule has 1 unspecified atom stereocenters. The van der Waals surface area contributed by atoms with Crippen LogP contribution in [0.3, 0.4) is 0 Å². The first-order chi connectivity index (χ1) is 22.5. The minimum atomic E-state index is -1.23. The predicted molar refractivity (Wildman–Crippen MR) is 203 cm³/mol. The number of hydrogen-bond acceptors (Lipinski definition) is 4. The standard InChI is InChI=1S/C42H85NO3/c1-3-5-7-9-11-13-15-17-18-19-20-21-22-23-24-26-28-30-32-34-36-38-40(45)42(46)41(43)39(44)37-35-33-31-29-27-25-16-14-12-10-8-6-4-2/h39,41-42,44,46H,3-38,43H2,1-2H3/t39-,41-,42?/m1/s1. The van der Waals surface area contributed by atoms with Crippen LogP contribution in [0.2, 0.25) is 0 Å². The lowest BCUT2D eigenvalue weighted by atomic mass is 9.95. The zero-order valence-electron chi connectivity index (χ0n) is 31.6. The fraction of sp³-hybridized carbons (Fsp3) is 0.976. The molecule has 276 valence electrons. The van der Waals surface area contributed by atoms with Crippen molar-refractivity contribution in [3.05, 3.63) is 0 Å². The van der Waals surface area contributed by atoms with E-state index in [1.54, 1.807) is 0 Å². The third-order valence-corrected chi connectivity index (χ3v) is 10.3. The van der Waals surface area contributed by atoms with Gasteiger partial charge in [0, 0.05) is 6.42 Å². The van der Waals surface area contributed by atoms with Gasteiger partial charge in [-0.1, -0.05) is 226 Å². The second kappa shape index (κ2) is 37.4. The second-order valence-corrected chi connectivity index (χ2v) is 14.9. The van der Waals surface area contributed by atoms with Crippen LogP contribution in [0.1, 0.15) is 245 Å². The molecule has 0 amide bonds. The number of aliphatic hydroxyl groups is 2. The maximum absolute atomic E-state index is 12.4. The van der Waals surface area contributed by atoms with Gasteiger partial charge in [0.25, 0.3) is 0 Å². The van der Waals surface area contributed by atoms with E-state index in [0.29, 0.717) is 12.8 Å². The fourth-order valence-electron chi connectivity index (χ4n) is 6.87. The van der Waals surface area contributed by atoms with E-state index in [0.717, 1.165) is 32.1 Å². The van der Waals surface area contributed by atoms with E-state index in [2.05, 4.69) is 13.8 Å². The highest BCUT2D eigenvalue weighted by Gasteiger charge is 2.27. The molecule has 4 heteroatoms. The summed E-state index contributed by atoms with van der Waals surface area (Å²) in [6, 6.07) is -0.861. The molecule has 0 rings (SSSR count). The van der Waals surface area contributed by atoms with Gasteiger partial charge in [0.1, 0.15) is 6.10 Å². The third-order valence-electron chi connectivity index (χ3n) is 10.3. The van der Waals surface area contributed by atoms with Crippen LogP contribution in [0.15, 0.2) is 0 Å². The van der Waals surface area contributed by atoms with Gasteiger partial charge in [-0.05, 0) is 12.8 Å². The van der Waals surface area contributed by atoms with Gasteiger partial charge >= 0.3 is 0 Å². The summed E-state index contributed by atoms with van der Waals surface area (Å²) in [5.41, 5.74) is 6.07. The summed E-state index contributed by atoms with van der Waals surface area (Å²) in [7, 11) is 0. The monoisotopic (exact) mass is 652 g/mol. The Kier molecular flexibility index (Phi) is 37.0. The van der Waals surface area contributed by atoms with Crippen LogP contribution in [0.5, 0.6) is 0 Å². The van der Waals surface area contributed by atoms with Crippen molar-refractivity contribution >= 4 is 5.78 Å². The van der Waals surface area contributed by atoms with Crippen LogP contribution in [0.4, 0.5) is 0 Å². The molecule has 46 heavy (non-hydrogen) atoms. The summed E-state index contributed by atoms with van der Waals surface area (Å²) in [5, 5.41) is 20.8. The Morgan fingerprint density at radius 3 is 0.935 bits per heavy atom. The van der Waals surface area contributed by atoms with E-state index in [-0.39, 0.29) is 5.78 Å². The number of ketones is 1. The highest BCUT2D eigenvalue weighted by atomic mass is 16.3. The van der Waals surface area contributed by atoms with E-state index in [1.807, 2.05) is 0 Å². The molecule has 0 spiro atoms. The molecule has 0 aromatic rings. The summed E-state index contributed by atoms with van der Waals surface area (Å²) >= 11 is 0. The molecule has 0 aliphatic carbocycles. The summed E-state index contributed by atoms with van der Waals surface area (Å²) in [5.74, 6) is -0.199. The average molecular weight is 652 g/mol. The molecular formula is C42H85NO3. The zero-order chi connectivity index (χ0) is 33.8. The van der Waals surface area contributed by atoms with E-state index >= 15 is 0 Å². The summed E-state index contributed by atoms with van der Waals surface area (Å²) in [6.07, 6.45) is 43.8.